The molecule has 2 aromatic carbocycles. The molecule has 0 saturated carbocycles. The first-order chi connectivity index (χ1) is 14.0. The summed E-state index contributed by atoms with van der Waals surface area (Å²) in [5.74, 6) is 6.62. The quantitative estimate of drug-likeness (QED) is 0.450. The summed E-state index contributed by atoms with van der Waals surface area (Å²) in [6, 6.07) is 13.8. The number of nitrogen functional groups attached to an aromatic ring is 1. The van der Waals surface area contributed by atoms with Gasteiger partial charge in [-0.25, -0.2) is 9.07 Å². The molecule has 0 saturated heterocycles. The Morgan fingerprint density at radius 3 is 2.62 bits per heavy atom. The molecule has 7 nitrogen and oxygen atoms in total. The van der Waals surface area contributed by atoms with Gasteiger partial charge in [-0.15, -0.1) is 10.2 Å². The fourth-order valence-corrected chi connectivity index (χ4v) is 3.46. The van der Waals surface area contributed by atoms with Gasteiger partial charge >= 0.3 is 0 Å². The summed E-state index contributed by atoms with van der Waals surface area (Å²) in [7, 11) is 1.73. The second-order valence-electron chi connectivity index (χ2n) is 6.27. The zero-order valence-electron chi connectivity index (χ0n) is 16.2. The third-order valence-corrected chi connectivity index (χ3v) is 5.11. The number of nitrogens with zero attached hydrogens (tertiary/aromatic N) is 4. The highest BCUT2D eigenvalue weighted by Gasteiger charge is 2.17. The smallest absolute Gasteiger partial charge is 0.233 e. The number of rotatable bonds is 8. The zero-order valence-corrected chi connectivity index (χ0v) is 17.0. The van der Waals surface area contributed by atoms with E-state index in [1.54, 1.807) is 30.1 Å². The van der Waals surface area contributed by atoms with Crippen molar-refractivity contribution >= 4 is 17.7 Å². The first-order valence-corrected chi connectivity index (χ1v) is 10.0. The third-order valence-electron chi connectivity index (χ3n) is 4.18. The molecule has 3 rings (SSSR count). The molecule has 0 unspecified atom stereocenters. The van der Waals surface area contributed by atoms with Gasteiger partial charge in [0.25, 0.3) is 0 Å². The van der Waals surface area contributed by atoms with Crippen molar-refractivity contribution in [2.45, 2.75) is 18.6 Å². The van der Waals surface area contributed by atoms with Crippen LogP contribution in [0.5, 0.6) is 5.75 Å². The molecular weight excluding hydrogens is 393 g/mol. The summed E-state index contributed by atoms with van der Waals surface area (Å²) >= 11 is 1.16. The molecule has 0 aliphatic heterocycles. The number of carbonyl (C=O) groups excluding carboxylic acids is 1. The molecule has 3 aromatic rings. The maximum absolute atomic E-state index is 13.9. The van der Waals surface area contributed by atoms with E-state index in [2.05, 4.69) is 10.2 Å². The molecule has 0 aliphatic rings. The predicted octanol–water partition coefficient (Wildman–Crippen LogP) is 2.95. The van der Waals surface area contributed by atoms with E-state index in [1.807, 2.05) is 31.2 Å². The molecule has 0 fully saturated rings. The lowest BCUT2D eigenvalue weighted by Crippen LogP contribution is -2.28. The lowest BCUT2D eigenvalue weighted by molar-refractivity contribution is -0.127. The van der Waals surface area contributed by atoms with Crippen molar-refractivity contribution in [2.24, 2.45) is 0 Å². The summed E-state index contributed by atoms with van der Waals surface area (Å²) < 4.78 is 20.6. The topological polar surface area (TPSA) is 86.3 Å². The minimum atomic E-state index is -0.436. The monoisotopic (exact) mass is 415 g/mol. The van der Waals surface area contributed by atoms with Crippen LogP contribution in [0.4, 0.5) is 4.39 Å². The lowest BCUT2D eigenvalue weighted by Gasteiger charge is -2.17. The Morgan fingerprint density at radius 1 is 1.21 bits per heavy atom. The first kappa shape index (κ1) is 20.7. The average molecular weight is 415 g/mol. The summed E-state index contributed by atoms with van der Waals surface area (Å²) in [6.07, 6.45) is 0. The fraction of sp³-hybridized carbons (Fsp3) is 0.250. The molecule has 2 N–H and O–H groups in total. The maximum Gasteiger partial charge on any atom is 0.233 e. The SMILES string of the molecule is CCOc1ccc(CN(C)C(=O)CSc2nnc(-c3ccccc3F)n2N)cc1. The molecule has 1 heterocycles. The largest absolute Gasteiger partial charge is 0.494 e. The van der Waals surface area contributed by atoms with Crippen LogP contribution >= 0.6 is 11.8 Å². The maximum atomic E-state index is 13.9. The van der Waals surface area contributed by atoms with Gasteiger partial charge in [-0.1, -0.05) is 36.0 Å². The molecule has 9 heteroatoms. The van der Waals surface area contributed by atoms with Crippen molar-refractivity contribution in [1.82, 2.24) is 19.8 Å². The zero-order chi connectivity index (χ0) is 20.8. The molecule has 29 heavy (non-hydrogen) atoms. The molecule has 0 aliphatic carbocycles. The second kappa shape index (κ2) is 9.42. The predicted molar refractivity (Wildman–Crippen MR) is 110 cm³/mol. The van der Waals surface area contributed by atoms with Crippen LogP contribution < -0.4 is 10.6 Å². The lowest BCUT2D eigenvalue weighted by atomic mass is 10.2. The van der Waals surface area contributed by atoms with Crippen LogP contribution in [0, 0.1) is 5.82 Å². The minimum absolute atomic E-state index is 0.0840. The minimum Gasteiger partial charge on any atom is -0.494 e. The second-order valence-corrected chi connectivity index (χ2v) is 7.21. The van der Waals surface area contributed by atoms with Gasteiger partial charge in [0.15, 0.2) is 5.82 Å². The van der Waals surface area contributed by atoms with Crippen molar-refractivity contribution < 1.29 is 13.9 Å². The summed E-state index contributed by atoms with van der Waals surface area (Å²) in [6.45, 7) is 3.01. The van der Waals surface area contributed by atoms with Crippen LogP contribution in [-0.2, 0) is 11.3 Å². The third kappa shape index (κ3) is 5.05. The van der Waals surface area contributed by atoms with Gasteiger partial charge in [-0.05, 0) is 36.8 Å². The molecule has 152 valence electrons. The Labute approximate surface area is 172 Å². The molecule has 0 atom stereocenters. The summed E-state index contributed by atoms with van der Waals surface area (Å²) in [5, 5.41) is 8.27. The molecule has 0 bridgehead atoms. The number of amides is 1. The number of hydrogen-bond acceptors (Lipinski definition) is 6. The van der Waals surface area contributed by atoms with Gasteiger partial charge in [-0.2, -0.15) is 0 Å². The van der Waals surface area contributed by atoms with Crippen molar-refractivity contribution in [3.63, 3.8) is 0 Å². The normalized spacial score (nSPS) is 10.7. The number of halogens is 1. The van der Waals surface area contributed by atoms with Crippen molar-refractivity contribution in [1.29, 1.82) is 0 Å². The molecule has 0 radical (unpaired) electrons. The number of hydrogen-bond donors (Lipinski definition) is 1. The Bertz CT molecular complexity index is 977. The number of benzene rings is 2. The van der Waals surface area contributed by atoms with E-state index in [4.69, 9.17) is 10.6 Å². The highest BCUT2D eigenvalue weighted by Crippen LogP contribution is 2.24. The fourth-order valence-electron chi connectivity index (χ4n) is 2.66. The summed E-state index contributed by atoms with van der Waals surface area (Å²) in [4.78, 5) is 14.1. The van der Waals surface area contributed by atoms with E-state index in [-0.39, 0.29) is 23.0 Å². The molecule has 1 amide bonds. The first-order valence-electron chi connectivity index (χ1n) is 9.03. The van der Waals surface area contributed by atoms with E-state index in [0.717, 1.165) is 23.1 Å². The molecular formula is C20H22FN5O2S. The Hall–Kier alpha value is -3.07. The highest BCUT2D eigenvalue weighted by molar-refractivity contribution is 7.99. The Morgan fingerprint density at radius 2 is 1.93 bits per heavy atom. The van der Waals surface area contributed by atoms with Crippen LogP contribution in [0.2, 0.25) is 0 Å². The van der Waals surface area contributed by atoms with Gasteiger partial charge in [0, 0.05) is 13.6 Å². The van der Waals surface area contributed by atoms with Gasteiger partial charge in [0.1, 0.15) is 11.6 Å². The van der Waals surface area contributed by atoms with E-state index < -0.39 is 5.82 Å². The summed E-state index contributed by atoms with van der Waals surface area (Å²) in [5.41, 5.74) is 1.26. The standard InChI is InChI=1S/C20H22FN5O2S/c1-3-28-15-10-8-14(9-11-15)12-25(2)18(27)13-29-20-24-23-19(26(20)22)16-6-4-5-7-17(16)21/h4-11H,3,12-13,22H2,1-2H3. The number of ether oxygens (including phenoxy) is 1. The number of carbonyl (C=O) groups is 1. The Kier molecular flexibility index (Phi) is 6.71. The number of aromatic nitrogens is 3. The van der Waals surface area contributed by atoms with E-state index in [1.165, 1.54) is 10.7 Å². The Balaban J connectivity index is 1.58. The van der Waals surface area contributed by atoms with Crippen molar-refractivity contribution in [2.75, 3.05) is 25.3 Å². The van der Waals surface area contributed by atoms with Crippen LogP contribution in [0.25, 0.3) is 11.4 Å². The van der Waals surface area contributed by atoms with Gasteiger partial charge in [-0.3, -0.25) is 4.79 Å². The van der Waals surface area contributed by atoms with Crippen LogP contribution in [0.15, 0.2) is 53.7 Å². The average Bonchev–Trinajstić information content (AvgIpc) is 3.08. The molecule has 0 spiro atoms. The highest BCUT2D eigenvalue weighted by atomic mass is 32.2. The van der Waals surface area contributed by atoms with Gasteiger partial charge in [0.05, 0.1) is 17.9 Å². The van der Waals surface area contributed by atoms with Crippen molar-refractivity contribution in [3.8, 4) is 17.1 Å². The number of thioether (sulfide) groups is 1. The van der Waals surface area contributed by atoms with Gasteiger partial charge < -0.3 is 15.5 Å². The van der Waals surface area contributed by atoms with Gasteiger partial charge in [0.2, 0.25) is 11.1 Å². The van der Waals surface area contributed by atoms with Crippen molar-refractivity contribution in [3.05, 3.63) is 59.9 Å². The van der Waals surface area contributed by atoms with Crippen LogP contribution in [0.3, 0.4) is 0 Å². The van der Waals surface area contributed by atoms with E-state index >= 15 is 0 Å². The van der Waals surface area contributed by atoms with Crippen LogP contribution in [0.1, 0.15) is 12.5 Å². The van der Waals surface area contributed by atoms with Crippen LogP contribution in [-0.4, -0.2) is 45.1 Å². The molecule has 1 aromatic heterocycles. The van der Waals surface area contributed by atoms with E-state index in [0.29, 0.717) is 18.3 Å². The van der Waals surface area contributed by atoms with E-state index in [9.17, 15) is 9.18 Å². The number of nitrogens with two attached hydrogens (primary N) is 1.